The predicted molar refractivity (Wildman–Crippen MR) is 93.9 cm³/mol. The Kier molecular flexibility index (Phi) is 6.43. The van der Waals surface area contributed by atoms with E-state index in [4.69, 9.17) is 11.6 Å². The van der Waals surface area contributed by atoms with E-state index in [0.717, 1.165) is 18.2 Å². The highest BCUT2D eigenvalue weighted by atomic mass is 35.5. The van der Waals surface area contributed by atoms with Gasteiger partial charge in [0, 0.05) is 10.6 Å². The van der Waals surface area contributed by atoms with E-state index in [0.29, 0.717) is 4.31 Å². The van der Waals surface area contributed by atoms with E-state index in [1.807, 2.05) is 0 Å². The molecule has 0 aliphatic carbocycles. The first-order valence-electron chi connectivity index (χ1n) is 6.72. The summed E-state index contributed by atoms with van der Waals surface area (Å²) in [6.45, 7) is 0. The Labute approximate surface area is 160 Å². The van der Waals surface area contributed by atoms with Gasteiger partial charge in [0.25, 0.3) is 5.91 Å². The van der Waals surface area contributed by atoms with Gasteiger partial charge in [0.1, 0.15) is 5.82 Å². The number of halogens is 5. The van der Waals surface area contributed by atoms with Gasteiger partial charge in [-0.15, -0.1) is 0 Å². The van der Waals surface area contributed by atoms with Crippen LogP contribution in [0.5, 0.6) is 0 Å². The third-order valence-electron chi connectivity index (χ3n) is 2.90. The Bertz CT molecular complexity index is 811. The number of thiol groups is 1. The van der Waals surface area contributed by atoms with Crippen LogP contribution in [0.25, 0.3) is 0 Å². The van der Waals surface area contributed by atoms with Gasteiger partial charge >= 0.3 is 11.5 Å². The molecule has 0 heterocycles. The zero-order valence-corrected chi connectivity index (χ0v) is 15.0. The van der Waals surface area contributed by atoms with Gasteiger partial charge < -0.3 is 5.32 Å². The molecule has 0 aliphatic rings. The summed E-state index contributed by atoms with van der Waals surface area (Å²) in [7, 11) is 0. The summed E-state index contributed by atoms with van der Waals surface area (Å²) in [5.41, 5.74) is -4.85. The van der Waals surface area contributed by atoms with Crippen LogP contribution in [0, 0.1) is 5.82 Å². The number of hydrogen-bond donors (Lipinski definition) is 2. The predicted octanol–water partition coefficient (Wildman–Crippen LogP) is 5.61. The zero-order chi connectivity index (χ0) is 19.5. The third-order valence-corrected chi connectivity index (χ3v) is 4.32. The molecule has 0 saturated carbocycles. The number of carbonyl (C=O) groups excluding carboxylic acids is 2. The van der Waals surface area contributed by atoms with Gasteiger partial charge in [-0.1, -0.05) is 30.5 Å². The molecule has 0 bridgehead atoms. The first-order chi connectivity index (χ1) is 12.1. The third kappa shape index (κ3) is 5.29. The second-order valence-corrected chi connectivity index (χ2v) is 6.66. The van der Waals surface area contributed by atoms with E-state index in [9.17, 15) is 27.2 Å². The molecule has 0 saturated heterocycles. The molecular weight excluding hydrogens is 416 g/mol. The number of carbonyl (C=O) groups is 2. The lowest BCUT2D eigenvalue weighted by molar-refractivity contribution is -0.0328. The summed E-state index contributed by atoms with van der Waals surface area (Å²) < 4.78 is 50.9. The van der Waals surface area contributed by atoms with Crippen LogP contribution in [-0.4, -0.2) is 21.8 Å². The van der Waals surface area contributed by atoms with Gasteiger partial charge in [0.05, 0.1) is 10.6 Å². The van der Waals surface area contributed by atoms with Crippen molar-refractivity contribution in [1.82, 2.24) is 4.31 Å². The van der Waals surface area contributed by atoms with Crippen LogP contribution >= 0.6 is 36.2 Å². The highest BCUT2D eigenvalue weighted by Gasteiger charge is 2.29. The quantitative estimate of drug-likeness (QED) is 0.382. The van der Waals surface area contributed by atoms with Crippen LogP contribution in [0.2, 0.25) is 5.02 Å². The minimum Gasteiger partial charge on any atom is -0.307 e. The summed E-state index contributed by atoms with van der Waals surface area (Å²) in [5.74, 6) is -2.03. The van der Waals surface area contributed by atoms with Crippen molar-refractivity contribution < 1.29 is 27.2 Å². The molecule has 1 N–H and O–H groups in total. The molecule has 0 unspecified atom stereocenters. The van der Waals surface area contributed by atoms with E-state index in [1.165, 1.54) is 24.3 Å². The van der Waals surface area contributed by atoms with Crippen molar-refractivity contribution in [1.29, 1.82) is 0 Å². The van der Waals surface area contributed by atoms with E-state index in [2.05, 4.69) is 18.1 Å². The summed E-state index contributed by atoms with van der Waals surface area (Å²) in [5, 5.41) is 2.06. The summed E-state index contributed by atoms with van der Waals surface area (Å²) in [4.78, 5) is 24.1. The fraction of sp³-hybridized carbons (Fsp3) is 0.0667. The minimum absolute atomic E-state index is 0.0764. The molecule has 0 fully saturated rings. The molecule has 3 amide bonds. The molecule has 0 aromatic heterocycles. The summed E-state index contributed by atoms with van der Waals surface area (Å²) in [6.07, 6.45) is 0. The summed E-state index contributed by atoms with van der Waals surface area (Å²) >= 11 is 9.17. The Morgan fingerprint density at radius 2 is 1.73 bits per heavy atom. The highest BCUT2D eigenvalue weighted by Crippen LogP contribution is 2.37. The van der Waals surface area contributed by atoms with Crippen molar-refractivity contribution in [3.8, 4) is 0 Å². The maximum atomic E-state index is 13.7. The smallest absolute Gasteiger partial charge is 0.307 e. The zero-order valence-electron chi connectivity index (χ0n) is 12.6. The van der Waals surface area contributed by atoms with E-state index >= 15 is 0 Å². The number of nitrogens with one attached hydrogen (secondary N) is 1. The first kappa shape index (κ1) is 20.4. The van der Waals surface area contributed by atoms with Crippen LogP contribution in [-0.2, 0) is 0 Å². The van der Waals surface area contributed by atoms with Crippen LogP contribution in [0.4, 0.5) is 28.0 Å². The number of imide groups is 1. The van der Waals surface area contributed by atoms with Crippen molar-refractivity contribution in [2.45, 2.75) is 10.4 Å². The van der Waals surface area contributed by atoms with Gasteiger partial charge in [-0.25, -0.2) is 13.5 Å². The Morgan fingerprint density at radius 1 is 1.12 bits per heavy atom. The van der Waals surface area contributed by atoms with Gasteiger partial charge in [0.15, 0.2) is 0 Å². The van der Waals surface area contributed by atoms with Gasteiger partial charge in [-0.2, -0.15) is 13.2 Å². The topological polar surface area (TPSA) is 49.4 Å². The first-order valence-corrected chi connectivity index (χ1v) is 8.32. The van der Waals surface area contributed by atoms with Gasteiger partial charge in [-0.05, 0) is 48.2 Å². The molecule has 0 spiro atoms. The molecular formula is C15H9ClF4N2O2S2. The molecule has 0 atom stereocenters. The lowest BCUT2D eigenvalue weighted by Crippen LogP contribution is -2.33. The van der Waals surface area contributed by atoms with E-state index in [1.54, 1.807) is 0 Å². The number of alkyl halides is 3. The van der Waals surface area contributed by atoms with Crippen molar-refractivity contribution >= 4 is 53.8 Å². The molecule has 2 aromatic carbocycles. The number of hydrogen-bond acceptors (Lipinski definition) is 4. The van der Waals surface area contributed by atoms with Crippen molar-refractivity contribution in [2.75, 3.05) is 5.32 Å². The largest absolute Gasteiger partial charge is 0.446 e. The number of amides is 3. The molecule has 138 valence electrons. The standard InChI is InChI=1S/C15H9ClF4N2O2S2/c16-10-2-1-3-11(17)12(10)13(23)22(25)14(24)21-8-4-6-9(7-5-8)26-15(18,19)20/h1-7,25H,(H,21,24). The second-order valence-electron chi connectivity index (χ2n) is 4.72. The van der Waals surface area contributed by atoms with Gasteiger partial charge in [-0.3, -0.25) is 4.79 Å². The Hall–Kier alpha value is -1.91. The highest BCUT2D eigenvalue weighted by molar-refractivity contribution is 8.00. The summed E-state index contributed by atoms with van der Waals surface area (Å²) in [6, 6.07) is 7.25. The lowest BCUT2D eigenvalue weighted by atomic mass is 10.2. The normalized spacial score (nSPS) is 11.2. The number of nitrogens with zero attached hydrogens (tertiary/aromatic N) is 1. The van der Waals surface area contributed by atoms with Crippen molar-refractivity contribution in [2.24, 2.45) is 0 Å². The van der Waals surface area contributed by atoms with E-state index in [-0.39, 0.29) is 27.4 Å². The lowest BCUT2D eigenvalue weighted by Gasteiger charge is -2.16. The second kappa shape index (κ2) is 8.19. The average Bonchev–Trinajstić information content (AvgIpc) is 2.54. The fourth-order valence-corrected chi connectivity index (χ4v) is 2.75. The number of urea groups is 1. The molecule has 0 radical (unpaired) electrons. The Balaban J connectivity index is 2.08. The van der Waals surface area contributed by atoms with Crippen LogP contribution in [0.1, 0.15) is 10.4 Å². The number of thioether (sulfide) groups is 1. The SMILES string of the molecule is O=C(Nc1ccc(SC(F)(F)F)cc1)N(S)C(=O)c1c(F)cccc1Cl. The Morgan fingerprint density at radius 3 is 2.27 bits per heavy atom. The minimum atomic E-state index is -4.43. The molecule has 11 heteroatoms. The molecule has 0 aliphatic heterocycles. The van der Waals surface area contributed by atoms with Crippen LogP contribution in [0.3, 0.4) is 0 Å². The average molecular weight is 425 g/mol. The number of benzene rings is 2. The molecule has 4 nitrogen and oxygen atoms in total. The van der Waals surface area contributed by atoms with Gasteiger partial charge in [0.2, 0.25) is 0 Å². The maximum Gasteiger partial charge on any atom is 0.446 e. The number of anilines is 1. The van der Waals surface area contributed by atoms with Crippen molar-refractivity contribution in [3.05, 3.63) is 58.9 Å². The fourth-order valence-electron chi connectivity index (χ4n) is 1.82. The monoisotopic (exact) mass is 424 g/mol. The maximum absolute atomic E-state index is 13.7. The van der Waals surface area contributed by atoms with E-state index < -0.39 is 28.8 Å². The van der Waals surface area contributed by atoms with Crippen molar-refractivity contribution in [3.63, 3.8) is 0 Å². The molecule has 2 aromatic rings. The molecule has 2 rings (SSSR count). The molecule has 26 heavy (non-hydrogen) atoms. The van der Waals surface area contributed by atoms with Crippen LogP contribution in [0.15, 0.2) is 47.4 Å². The van der Waals surface area contributed by atoms with Crippen LogP contribution < -0.4 is 5.32 Å². The number of rotatable bonds is 3.